The Labute approximate surface area is 134 Å². The lowest BCUT2D eigenvalue weighted by Gasteiger charge is -2.23. The first kappa shape index (κ1) is 15.9. The van der Waals surface area contributed by atoms with Gasteiger partial charge in [-0.3, -0.25) is 9.59 Å². The van der Waals surface area contributed by atoms with Gasteiger partial charge in [0, 0.05) is 5.56 Å². The molecule has 2 aromatic carbocycles. The SMILES string of the molecule is CC1Oc2ccc(C(=O)Nc3ccc(F)c(F)c3F)cc2NC1=O. The van der Waals surface area contributed by atoms with Crippen LogP contribution in [0, 0.1) is 17.5 Å². The third-order valence-electron chi connectivity index (χ3n) is 3.46. The molecule has 0 bridgehead atoms. The summed E-state index contributed by atoms with van der Waals surface area (Å²) in [5.41, 5.74) is -0.127. The van der Waals surface area contributed by atoms with E-state index in [1.165, 1.54) is 18.2 Å². The van der Waals surface area contributed by atoms with E-state index in [2.05, 4.69) is 10.6 Å². The highest BCUT2D eigenvalue weighted by Crippen LogP contribution is 2.31. The fourth-order valence-electron chi connectivity index (χ4n) is 2.17. The Bertz CT molecular complexity index is 855. The molecular weight excluding hydrogens is 325 g/mol. The largest absolute Gasteiger partial charge is 0.479 e. The van der Waals surface area contributed by atoms with Gasteiger partial charge < -0.3 is 15.4 Å². The first-order valence-electron chi connectivity index (χ1n) is 6.93. The van der Waals surface area contributed by atoms with E-state index in [4.69, 9.17) is 4.74 Å². The van der Waals surface area contributed by atoms with E-state index < -0.39 is 35.2 Å². The van der Waals surface area contributed by atoms with Crippen LogP contribution in [-0.4, -0.2) is 17.9 Å². The van der Waals surface area contributed by atoms with Crippen molar-refractivity contribution < 1.29 is 27.5 Å². The number of amides is 2. The first-order chi connectivity index (χ1) is 11.4. The molecule has 0 aromatic heterocycles. The number of fused-ring (bicyclic) bond motifs is 1. The molecule has 1 unspecified atom stereocenters. The van der Waals surface area contributed by atoms with E-state index in [1.54, 1.807) is 6.92 Å². The number of halogens is 3. The Morgan fingerprint density at radius 1 is 1.17 bits per heavy atom. The molecule has 0 spiro atoms. The molecule has 0 radical (unpaired) electrons. The zero-order chi connectivity index (χ0) is 17.4. The van der Waals surface area contributed by atoms with Crippen LogP contribution in [0.1, 0.15) is 17.3 Å². The molecule has 2 aromatic rings. The van der Waals surface area contributed by atoms with E-state index >= 15 is 0 Å². The third-order valence-corrected chi connectivity index (χ3v) is 3.46. The zero-order valence-electron chi connectivity index (χ0n) is 12.3. The minimum absolute atomic E-state index is 0.0799. The normalized spacial score (nSPS) is 16.0. The topological polar surface area (TPSA) is 67.4 Å². The van der Waals surface area contributed by atoms with Gasteiger partial charge >= 0.3 is 0 Å². The molecule has 1 heterocycles. The third kappa shape index (κ3) is 2.78. The molecule has 24 heavy (non-hydrogen) atoms. The van der Waals surface area contributed by atoms with Crippen LogP contribution in [0.25, 0.3) is 0 Å². The van der Waals surface area contributed by atoms with Gasteiger partial charge in [-0.05, 0) is 37.3 Å². The Hall–Kier alpha value is -3.03. The number of hydrogen-bond acceptors (Lipinski definition) is 3. The molecule has 1 atom stereocenters. The van der Waals surface area contributed by atoms with E-state index in [9.17, 15) is 22.8 Å². The molecule has 2 amide bonds. The van der Waals surface area contributed by atoms with E-state index in [0.717, 1.165) is 6.07 Å². The highest BCUT2D eigenvalue weighted by Gasteiger charge is 2.24. The molecule has 0 fully saturated rings. The smallest absolute Gasteiger partial charge is 0.265 e. The molecule has 0 aliphatic carbocycles. The quantitative estimate of drug-likeness (QED) is 0.828. The van der Waals surface area contributed by atoms with Crippen LogP contribution in [0.15, 0.2) is 30.3 Å². The lowest BCUT2D eigenvalue weighted by molar-refractivity contribution is -0.122. The summed E-state index contributed by atoms with van der Waals surface area (Å²) >= 11 is 0. The molecule has 124 valence electrons. The van der Waals surface area contributed by atoms with Crippen LogP contribution in [0.2, 0.25) is 0 Å². The Balaban J connectivity index is 1.85. The maximum absolute atomic E-state index is 13.6. The second kappa shape index (κ2) is 5.88. The number of carbonyl (C=O) groups excluding carboxylic acids is 2. The van der Waals surface area contributed by atoms with Gasteiger partial charge in [-0.15, -0.1) is 0 Å². The molecule has 0 saturated heterocycles. The van der Waals surface area contributed by atoms with Crippen LogP contribution >= 0.6 is 0 Å². The van der Waals surface area contributed by atoms with Crippen molar-refractivity contribution in [2.75, 3.05) is 10.6 Å². The van der Waals surface area contributed by atoms with Gasteiger partial charge in [0.2, 0.25) is 0 Å². The predicted molar refractivity (Wildman–Crippen MR) is 79.4 cm³/mol. The summed E-state index contributed by atoms with van der Waals surface area (Å²) in [6.07, 6.45) is -0.659. The molecule has 1 aliphatic rings. The van der Waals surface area contributed by atoms with Crippen molar-refractivity contribution >= 4 is 23.2 Å². The average molecular weight is 336 g/mol. The van der Waals surface area contributed by atoms with Crippen molar-refractivity contribution in [2.24, 2.45) is 0 Å². The fourth-order valence-corrected chi connectivity index (χ4v) is 2.17. The summed E-state index contributed by atoms with van der Waals surface area (Å²) in [4.78, 5) is 23.7. The molecule has 0 saturated carbocycles. The van der Waals surface area contributed by atoms with Gasteiger partial charge in [-0.2, -0.15) is 0 Å². The highest BCUT2D eigenvalue weighted by molar-refractivity contribution is 6.06. The second-order valence-corrected chi connectivity index (χ2v) is 5.14. The number of hydrogen-bond donors (Lipinski definition) is 2. The van der Waals surface area contributed by atoms with Gasteiger partial charge in [-0.25, -0.2) is 13.2 Å². The lowest BCUT2D eigenvalue weighted by atomic mass is 10.1. The maximum Gasteiger partial charge on any atom is 0.265 e. The molecule has 2 N–H and O–H groups in total. The molecule has 3 rings (SSSR count). The fraction of sp³-hybridized carbons (Fsp3) is 0.125. The van der Waals surface area contributed by atoms with Crippen LogP contribution in [0.5, 0.6) is 5.75 Å². The first-order valence-corrected chi connectivity index (χ1v) is 6.93. The van der Waals surface area contributed by atoms with E-state index in [-0.39, 0.29) is 17.2 Å². The second-order valence-electron chi connectivity index (χ2n) is 5.14. The number of carbonyl (C=O) groups is 2. The van der Waals surface area contributed by atoms with Gasteiger partial charge in [0.15, 0.2) is 23.6 Å². The molecule has 5 nitrogen and oxygen atoms in total. The van der Waals surface area contributed by atoms with Gasteiger partial charge in [-0.1, -0.05) is 0 Å². The van der Waals surface area contributed by atoms with Crippen molar-refractivity contribution in [1.82, 2.24) is 0 Å². The van der Waals surface area contributed by atoms with Crippen LogP contribution in [-0.2, 0) is 4.79 Å². The summed E-state index contributed by atoms with van der Waals surface area (Å²) in [5, 5.41) is 4.72. The summed E-state index contributed by atoms with van der Waals surface area (Å²) in [7, 11) is 0. The van der Waals surface area contributed by atoms with Gasteiger partial charge in [0.05, 0.1) is 11.4 Å². The summed E-state index contributed by atoms with van der Waals surface area (Å²) < 4.78 is 45.0. The van der Waals surface area contributed by atoms with Crippen molar-refractivity contribution in [3.05, 3.63) is 53.3 Å². The minimum atomic E-state index is -1.67. The number of benzene rings is 2. The van der Waals surface area contributed by atoms with Crippen LogP contribution in [0.4, 0.5) is 24.5 Å². The van der Waals surface area contributed by atoms with Crippen LogP contribution in [0.3, 0.4) is 0 Å². The Morgan fingerprint density at radius 2 is 1.92 bits per heavy atom. The average Bonchev–Trinajstić information content (AvgIpc) is 2.56. The number of anilines is 2. The van der Waals surface area contributed by atoms with E-state index in [0.29, 0.717) is 11.8 Å². The Morgan fingerprint density at radius 3 is 2.67 bits per heavy atom. The standard InChI is InChI=1S/C16H11F3N2O3/c1-7-15(22)21-11-6-8(2-5-12(11)24-7)16(23)20-10-4-3-9(17)13(18)14(10)19/h2-7H,1H3,(H,20,23)(H,21,22). The van der Waals surface area contributed by atoms with Gasteiger partial charge in [0.1, 0.15) is 5.75 Å². The summed E-state index contributed by atoms with van der Waals surface area (Å²) in [6.45, 7) is 1.57. The van der Waals surface area contributed by atoms with E-state index in [1.807, 2.05) is 0 Å². The van der Waals surface area contributed by atoms with Crippen molar-refractivity contribution in [1.29, 1.82) is 0 Å². The zero-order valence-corrected chi connectivity index (χ0v) is 12.3. The van der Waals surface area contributed by atoms with Gasteiger partial charge in [0.25, 0.3) is 11.8 Å². The number of rotatable bonds is 2. The van der Waals surface area contributed by atoms with Crippen molar-refractivity contribution in [3.8, 4) is 5.75 Å². The lowest BCUT2D eigenvalue weighted by Crippen LogP contribution is -2.34. The number of nitrogens with one attached hydrogen (secondary N) is 2. The number of ether oxygens (including phenoxy) is 1. The van der Waals surface area contributed by atoms with Crippen molar-refractivity contribution in [2.45, 2.75) is 13.0 Å². The van der Waals surface area contributed by atoms with Crippen molar-refractivity contribution in [3.63, 3.8) is 0 Å². The maximum atomic E-state index is 13.6. The predicted octanol–water partition coefficient (Wildman–Crippen LogP) is 3.08. The highest BCUT2D eigenvalue weighted by atomic mass is 19.2. The molecular formula is C16H11F3N2O3. The Kier molecular flexibility index (Phi) is 3.88. The molecule has 1 aliphatic heterocycles. The van der Waals surface area contributed by atoms with Crippen LogP contribution < -0.4 is 15.4 Å². The summed E-state index contributed by atoms with van der Waals surface area (Å²) in [5.74, 6) is -5.26. The monoisotopic (exact) mass is 336 g/mol. The molecule has 8 heteroatoms. The minimum Gasteiger partial charge on any atom is -0.479 e. The summed E-state index contributed by atoms with van der Waals surface area (Å²) in [6, 6.07) is 5.83.